The monoisotopic (exact) mass is 273 g/mol. The number of fused-ring (bicyclic) bond motifs is 1. The van der Waals surface area contributed by atoms with E-state index in [2.05, 4.69) is 22.0 Å². The summed E-state index contributed by atoms with van der Waals surface area (Å²) in [6.07, 6.45) is 3.47. The van der Waals surface area contributed by atoms with Crippen LogP contribution in [-0.2, 0) is 11.2 Å². The van der Waals surface area contributed by atoms with Gasteiger partial charge in [-0.2, -0.15) is 0 Å². The molecule has 106 valence electrons. The van der Waals surface area contributed by atoms with Crippen LogP contribution in [0.3, 0.4) is 0 Å². The first-order valence-corrected chi connectivity index (χ1v) is 7.17. The second-order valence-corrected chi connectivity index (χ2v) is 5.38. The highest BCUT2D eigenvalue weighted by molar-refractivity contribution is 6.00. The van der Waals surface area contributed by atoms with Crippen LogP contribution < -0.4 is 16.0 Å². The number of carbonyl (C=O) groups excluding carboxylic acids is 2. The molecule has 3 rings (SSSR count). The third-order valence-corrected chi connectivity index (χ3v) is 3.91. The Balaban J connectivity index is 1.66. The maximum absolute atomic E-state index is 12.3. The van der Waals surface area contributed by atoms with Crippen LogP contribution in [0, 0.1) is 0 Å². The molecule has 3 N–H and O–H groups in total. The average Bonchev–Trinajstić information content (AvgIpc) is 2.90. The molecule has 1 saturated heterocycles. The Bertz CT molecular complexity index is 542. The number of aryl methyl sites for hydroxylation is 1. The number of amides is 2. The average molecular weight is 273 g/mol. The van der Waals surface area contributed by atoms with E-state index >= 15 is 0 Å². The van der Waals surface area contributed by atoms with E-state index in [4.69, 9.17) is 0 Å². The molecule has 2 aliphatic heterocycles. The van der Waals surface area contributed by atoms with Crippen molar-refractivity contribution in [3.8, 4) is 0 Å². The van der Waals surface area contributed by atoms with Crippen LogP contribution in [0.2, 0.25) is 0 Å². The number of hydrogen-bond donors (Lipinski definition) is 3. The minimum Gasteiger partial charge on any atom is -0.384 e. The standard InChI is InChI=1S/C15H19N3O2/c19-13-7-6-11(18-13)9-17-15(20)12-5-1-3-10-4-2-8-16-14(10)12/h1,3,5,11,16H,2,4,6-9H2,(H,17,20)(H,18,19). The fraction of sp³-hybridized carbons (Fsp3) is 0.467. The van der Waals surface area contributed by atoms with Gasteiger partial charge in [-0.3, -0.25) is 9.59 Å². The van der Waals surface area contributed by atoms with Gasteiger partial charge >= 0.3 is 0 Å². The molecule has 20 heavy (non-hydrogen) atoms. The minimum atomic E-state index is -0.0719. The zero-order chi connectivity index (χ0) is 13.9. The number of benzene rings is 1. The Morgan fingerprint density at radius 2 is 2.25 bits per heavy atom. The summed E-state index contributed by atoms with van der Waals surface area (Å²) in [6.45, 7) is 1.41. The van der Waals surface area contributed by atoms with Gasteiger partial charge in [0.15, 0.2) is 0 Å². The Morgan fingerprint density at radius 3 is 3.05 bits per heavy atom. The second-order valence-electron chi connectivity index (χ2n) is 5.38. The van der Waals surface area contributed by atoms with Crippen molar-refractivity contribution in [2.75, 3.05) is 18.4 Å². The summed E-state index contributed by atoms with van der Waals surface area (Å²) in [7, 11) is 0. The summed E-state index contributed by atoms with van der Waals surface area (Å²) in [4.78, 5) is 23.4. The van der Waals surface area contributed by atoms with Crippen molar-refractivity contribution in [2.24, 2.45) is 0 Å². The maximum atomic E-state index is 12.3. The highest BCUT2D eigenvalue weighted by Gasteiger charge is 2.22. The predicted octanol–water partition coefficient (Wildman–Crippen LogP) is 1.05. The molecule has 0 radical (unpaired) electrons. The van der Waals surface area contributed by atoms with E-state index in [1.54, 1.807) is 0 Å². The van der Waals surface area contributed by atoms with Crippen LogP contribution in [0.5, 0.6) is 0 Å². The lowest BCUT2D eigenvalue weighted by atomic mass is 9.99. The molecule has 5 nitrogen and oxygen atoms in total. The number of carbonyl (C=O) groups is 2. The van der Waals surface area contributed by atoms with E-state index in [9.17, 15) is 9.59 Å². The zero-order valence-corrected chi connectivity index (χ0v) is 11.4. The molecule has 5 heteroatoms. The molecule has 0 saturated carbocycles. The van der Waals surface area contributed by atoms with Gasteiger partial charge in [0.25, 0.3) is 5.91 Å². The summed E-state index contributed by atoms with van der Waals surface area (Å²) in [5, 5.41) is 9.09. The van der Waals surface area contributed by atoms with Crippen molar-refractivity contribution in [2.45, 2.75) is 31.7 Å². The molecule has 2 amide bonds. The summed E-state index contributed by atoms with van der Waals surface area (Å²) in [5.74, 6) is 0.000375. The van der Waals surface area contributed by atoms with Crippen LogP contribution >= 0.6 is 0 Å². The summed E-state index contributed by atoms with van der Waals surface area (Å²) in [6, 6.07) is 5.91. The van der Waals surface area contributed by atoms with Gasteiger partial charge in [0, 0.05) is 25.6 Å². The topological polar surface area (TPSA) is 70.2 Å². The molecule has 0 bridgehead atoms. The number of rotatable bonds is 3. The van der Waals surface area contributed by atoms with Crippen molar-refractivity contribution in [1.82, 2.24) is 10.6 Å². The maximum Gasteiger partial charge on any atom is 0.253 e. The van der Waals surface area contributed by atoms with Crippen molar-refractivity contribution in [3.63, 3.8) is 0 Å². The molecule has 1 fully saturated rings. The third-order valence-electron chi connectivity index (χ3n) is 3.91. The van der Waals surface area contributed by atoms with Gasteiger partial charge in [-0.1, -0.05) is 12.1 Å². The smallest absolute Gasteiger partial charge is 0.253 e. The molecule has 2 heterocycles. The van der Waals surface area contributed by atoms with Gasteiger partial charge in [-0.05, 0) is 30.9 Å². The van der Waals surface area contributed by atoms with Crippen molar-refractivity contribution in [1.29, 1.82) is 0 Å². The van der Waals surface area contributed by atoms with Gasteiger partial charge in [0.05, 0.1) is 11.3 Å². The Labute approximate surface area is 118 Å². The second kappa shape index (κ2) is 5.53. The number of para-hydroxylation sites is 1. The van der Waals surface area contributed by atoms with Crippen molar-refractivity contribution >= 4 is 17.5 Å². The Morgan fingerprint density at radius 1 is 1.35 bits per heavy atom. The largest absolute Gasteiger partial charge is 0.384 e. The van der Waals surface area contributed by atoms with Crippen LogP contribution in [-0.4, -0.2) is 30.9 Å². The molecule has 1 unspecified atom stereocenters. The van der Waals surface area contributed by atoms with Gasteiger partial charge in [0.1, 0.15) is 0 Å². The predicted molar refractivity (Wildman–Crippen MR) is 76.8 cm³/mol. The Hall–Kier alpha value is -2.04. The van der Waals surface area contributed by atoms with Crippen LogP contribution in [0.25, 0.3) is 0 Å². The number of anilines is 1. The highest BCUT2D eigenvalue weighted by atomic mass is 16.2. The lowest BCUT2D eigenvalue weighted by Gasteiger charge is -2.21. The van der Waals surface area contributed by atoms with E-state index < -0.39 is 0 Å². The molecule has 0 spiro atoms. The van der Waals surface area contributed by atoms with Gasteiger partial charge in [-0.25, -0.2) is 0 Å². The molecule has 1 atom stereocenters. The normalized spacial score (nSPS) is 20.8. The van der Waals surface area contributed by atoms with E-state index in [-0.39, 0.29) is 17.9 Å². The van der Waals surface area contributed by atoms with Gasteiger partial charge < -0.3 is 16.0 Å². The zero-order valence-electron chi connectivity index (χ0n) is 11.4. The molecular formula is C15H19N3O2. The molecule has 1 aromatic rings. The van der Waals surface area contributed by atoms with Crippen molar-refractivity contribution in [3.05, 3.63) is 29.3 Å². The molecule has 1 aromatic carbocycles. The highest BCUT2D eigenvalue weighted by Crippen LogP contribution is 2.25. The first-order valence-electron chi connectivity index (χ1n) is 7.17. The first kappa shape index (κ1) is 13.0. The summed E-state index contributed by atoms with van der Waals surface area (Å²) >= 11 is 0. The first-order chi connectivity index (χ1) is 9.74. The Kier molecular flexibility index (Phi) is 3.58. The summed E-state index contributed by atoms with van der Waals surface area (Å²) in [5.41, 5.74) is 2.87. The minimum absolute atomic E-state index is 0.0685. The molecule has 0 aromatic heterocycles. The lowest BCUT2D eigenvalue weighted by Crippen LogP contribution is -2.38. The van der Waals surface area contributed by atoms with Gasteiger partial charge in [0.2, 0.25) is 5.91 Å². The fourth-order valence-electron chi connectivity index (χ4n) is 2.84. The molecule has 0 aliphatic carbocycles. The van der Waals surface area contributed by atoms with Crippen molar-refractivity contribution < 1.29 is 9.59 Å². The summed E-state index contributed by atoms with van der Waals surface area (Å²) < 4.78 is 0. The SMILES string of the molecule is O=C1CCC(CNC(=O)c2cccc3c2NCCC3)N1. The van der Waals surface area contributed by atoms with Crippen LogP contribution in [0.4, 0.5) is 5.69 Å². The van der Waals surface area contributed by atoms with E-state index in [0.717, 1.165) is 31.5 Å². The lowest BCUT2D eigenvalue weighted by molar-refractivity contribution is -0.119. The van der Waals surface area contributed by atoms with Gasteiger partial charge in [-0.15, -0.1) is 0 Å². The van der Waals surface area contributed by atoms with Crippen LogP contribution in [0.15, 0.2) is 18.2 Å². The molecule has 2 aliphatic rings. The fourth-order valence-corrected chi connectivity index (χ4v) is 2.84. The van der Waals surface area contributed by atoms with E-state index in [1.165, 1.54) is 5.56 Å². The van der Waals surface area contributed by atoms with E-state index in [1.807, 2.05) is 12.1 Å². The molecular weight excluding hydrogens is 254 g/mol. The van der Waals surface area contributed by atoms with Crippen LogP contribution in [0.1, 0.15) is 35.2 Å². The van der Waals surface area contributed by atoms with E-state index in [0.29, 0.717) is 18.5 Å². The number of hydrogen-bond acceptors (Lipinski definition) is 3. The quantitative estimate of drug-likeness (QED) is 0.771. The number of nitrogens with one attached hydrogen (secondary N) is 3. The third kappa shape index (κ3) is 2.61.